The van der Waals surface area contributed by atoms with E-state index in [0.29, 0.717) is 22.8 Å². The van der Waals surface area contributed by atoms with Crippen molar-refractivity contribution in [3.63, 3.8) is 0 Å². The zero-order valence-electron chi connectivity index (χ0n) is 15.6. The van der Waals surface area contributed by atoms with Gasteiger partial charge in [-0.3, -0.25) is 0 Å². The Morgan fingerprint density at radius 1 is 1.15 bits per heavy atom. The molecule has 3 N–H and O–H groups in total. The van der Waals surface area contributed by atoms with Crippen LogP contribution in [0.4, 0.5) is 17.5 Å². The average molecular weight is 364 g/mol. The molecule has 4 rings (SSSR count). The Labute approximate surface area is 158 Å². The van der Waals surface area contributed by atoms with Crippen molar-refractivity contribution >= 4 is 28.5 Å². The van der Waals surface area contributed by atoms with Crippen LogP contribution in [0.2, 0.25) is 0 Å². The van der Waals surface area contributed by atoms with E-state index < -0.39 is 5.60 Å². The number of aromatic nitrogens is 4. The van der Waals surface area contributed by atoms with Gasteiger partial charge in [0.2, 0.25) is 5.95 Å². The first-order valence-electron chi connectivity index (χ1n) is 9.29. The van der Waals surface area contributed by atoms with Crippen LogP contribution in [0.25, 0.3) is 11.0 Å². The normalized spacial score (nSPS) is 22.6. The first-order valence-corrected chi connectivity index (χ1v) is 9.29. The highest BCUT2D eigenvalue weighted by Crippen LogP contribution is 2.29. The Morgan fingerprint density at radius 2 is 1.96 bits per heavy atom. The number of fused-ring (bicyclic) bond motifs is 1. The van der Waals surface area contributed by atoms with Crippen molar-refractivity contribution in [1.82, 2.24) is 19.9 Å². The zero-order chi connectivity index (χ0) is 18.9. The summed E-state index contributed by atoms with van der Waals surface area (Å²) in [6.07, 6.45) is 6.58. The van der Waals surface area contributed by atoms with E-state index in [-0.39, 0.29) is 6.04 Å². The second-order valence-electron chi connectivity index (χ2n) is 7.56. The predicted molar refractivity (Wildman–Crippen MR) is 106 cm³/mol. The molecular weight excluding hydrogens is 340 g/mol. The van der Waals surface area contributed by atoms with Crippen molar-refractivity contribution in [3.05, 3.63) is 42.4 Å². The molecule has 0 aliphatic heterocycles. The molecule has 1 fully saturated rings. The molecule has 27 heavy (non-hydrogen) atoms. The van der Waals surface area contributed by atoms with Crippen LogP contribution in [0.5, 0.6) is 0 Å². The molecule has 140 valence electrons. The lowest BCUT2D eigenvalue weighted by molar-refractivity contribution is 0.0196. The summed E-state index contributed by atoms with van der Waals surface area (Å²) in [7, 11) is 0. The van der Waals surface area contributed by atoms with Crippen LogP contribution in [0.3, 0.4) is 0 Å². The monoisotopic (exact) mass is 364 g/mol. The van der Waals surface area contributed by atoms with Gasteiger partial charge >= 0.3 is 0 Å². The fourth-order valence-electron chi connectivity index (χ4n) is 3.44. The van der Waals surface area contributed by atoms with Crippen LogP contribution in [0, 0.1) is 6.92 Å². The predicted octanol–water partition coefficient (Wildman–Crippen LogP) is 3.58. The van der Waals surface area contributed by atoms with Gasteiger partial charge in [0.15, 0.2) is 5.82 Å². The first-order chi connectivity index (χ1) is 13.0. The molecule has 1 aliphatic carbocycles. The number of hydrogen-bond donors (Lipinski definition) is 3. The number of nitrogens with zero attached hydrogens (tertiary/aromatic N) is 4. The lowest BCUT2D eigenvalue weighted by Gasteiger charge is -2.33. The molecule has 3 aromatic rings. The Bertz CT molecular complexity index is 948. The highest BCUT2D eigenvalue weighted by molar-refractivity contribution is 5.87. The molecular formula is C20H24N6O. The summed E-state index contributed by atoms with van der Waals surface area (Å²) in [6.45, 7) is 3.95. The second-order valence-corrected chi connectivity index (χ2v) is 7.56. The van der Waals surface area contributed by atoms with Gasteiger partial charge in [-0.2, -0.15) is 0 Å². The zero-order valence-corrected chi connectivity index (χ0v) is 15.6. The number of benzene rings is 1. The van der Waals surface area contributed by atoms with E-state index in [4.69, 9.17) is 0 Å². The minimum Gasteiger partial charge on any atom is -0.390 e. The number of anilines is 3. The van der Waals surface area contributed by atoms with Crippen LogP contribution in [-0.2, 0) is 0 Å². The van der Waals surface area contributed by atoms with Crippen molar-refractivity contribution in [3.8, 4) is 0 Å². The second kappa shape index (κ2) is 7.08. The highest BCUT2D eigenvalue weighted by atomic mass is 16.3. The smallest absolute Gasteiger partial charge is 0.223 e. The molecule has 1 saturated carbocycles. The van der Waals surface area contributed by atoms with E-state index in [1.165, 1.54) is 11.9 Å². The van der Waals surface area contributed by atoms with Gasteiger partial charge in [-0.15, -0.1) is 0 Å². The third-order valence-electron chi connectivity index (χ3n) is 5.05. The van der Waals surface area contributed by atoms with Gasteiger partial charge in [0.25, 0.3) is 0 Å². The van der Waals surface area contributed by atoms with Crippen LogP contribution >= 0.6 is 0 Å². The van der Waals surface area contributed by atoms with Crippen LogP contribution in [-0.4, -0.2) is 36.7 Å². The topological polar surface area (TPSA) is 95.9 Å². The van der Waals surface area contributed by atoms with Gasteiger partial charge in [-0.05, 0) is 57.2 Å². The van der Waals surface area contributed by atoms with Gasteiger partial charge in [0.05, 0.1) is 11.8 Å². The lowest BCUT2D eigenvalue weighted by Crippen LogP contribution is -2.36. The third kappa shape index (κ3) is 4.14. The Balaban J connectivity index is 1.57. The molecule has 0 spiro atoms. The van der Waals surface area contributed by atoms with Gasteiger partial charge in [0.1, 0.15) is 17.4 Å². The van der Waals surface area contributed by atoms with Crippen molar-refractivity contribution in [2.75, 3.05) is 10.6 Å². The first kappa shape index (κ1) is 17.6. The van der Waals surface area contributed by atoms with E-state index in [1.807, 2.05) is 19.1 Å². The van der Waals surface area contributed by atoms with E-state index in [2.05, 4.69) is 49.6 Å². The van der Waals surface area contributed by atoms with Crippen molar-refractivity contribution in [2.45, 2.75) is 51.2 Å². The van der Waals surface area contributed by atoms with E-state index in [0.717, 1.165) is 31.4 Å². The lowest BCUT2D eigenvalue weighted by atomic mass is 9.84. The summed E-state index contributed by atoms with van der Waals surface area (Å²) >= 11 is 0. The summed E-state index contributed by atoms with van der Waals surface area (Å²) in [5, 5.41) is 16.8. The SMILES string of the molecule is Cc1cccc(Nc2ncnc3cnc(N[C@H]4CC[C@](C)(O)CC4)nc23)c1. The molecule has 0 amide bonds. The van der Waals surface area contributed by atoms with Gasteiger partial charge in [-0.1, -0.05) is 12.1 Å². The average Bonchev–Trinajstić information content (AvgIpc) is 2.64. The van der Waals surface area contributed by atoms with Gasteiger partial charge in [0, 0.05) is 11.7 Å². The molecule has 2 heterocycles. The Morgan fingerprint density at radius 3 is 2.74 bits per heavy atom. The Kier molecular flexibility index (Phi) is 4.61. The maximum atomic E-state index is 10.1. The molecule has 0 unspecified atom stereocenters. The van der Waals surface area contributed by atoms with Crippen molar-refractivity contribution in [1.29, 1.82) is 0 Å². The molecule has 7 heteroatoms. The summed E-state index contributed by atoms with van der Waals surface area (Å²) in [6, 6.07) is 8.37. The molecule has 0 saturated heterocycles. The van der Waals surface area contributed by atoms with Crippen molar-refractivity contribution in [2.24, 2.45) is 0 Å². The number of rotatable bonds is 4. The fourth-order valence-corrected chi connectivity index (χ4v) is 3.44. The van der Waals surface area contributed by atoms with E-state index in [9.17, 15) is 5.11 Å². The van der Waals surface area contributed by atoms with Gasteiger partial charge in [-0.25, -0.2) is 19.9 Å². The molecule has 0 radical (unpaired) electrons. The summed E-state index contributed by atoms with van der Waals surface area (Å²) in [5.74, 6) is 1.22. The minimum atomic E-state index is -0.554. The van der Waals surface area contributed by atoms with Crippen LogP contribution in [0.15, 0.2) is 36.8 Å². The number of aliphatic hydroxyl groups is 1. The third-order valence-corrected chi connectivity index (χ3v) is 5.05. The molecule has 2 aromatic heterocycles. The van der Waals surface area contributed by atoms with Crippen molar-refractivity contribution < 1.29 is 5.11 Å². The largest absolute Gasteiger partial charge is 0.390 e. The standard InChI is InChI=1S/C20H24N6O/c1-13-4-3-5-15(10-13)24-18-17-16(22-12-23-18)11-21-19(26-17)25-14-6-8-20(2,27)9-7-14/h3-5,10-12,14,27H,6-9H2,1-2H3,(H,21,25,26)(H,22,23,24)/t14-,20-. The molecule has 0 atom stereocenters. The number of nitrogens with one attached hydrogen (secondary N) is 2. The fraction of sp³-hybridized carbons (Fsp3) is 0.400. The maximum absolute atomic E-state index is 10.1. The Hall–Kier alpha value is -2.80. The molecule has 1 aromatic carbocycles. The molecule has 7 nitrogen and oxygen atoms in total. The summed E-state index contributed by atoms with van der Waals surface area (Å²) < 4.78 is 0. The van der Waals surface area contributed by atoms with Gasteiger partial charge < -0.3 is 15.7 Å². The molecule has 1 aliphatic rings. The summed E-state index contributed by atoms with van der Waals surface area (Å²) in [5.41, 5.74) is 2.94. The quantitative estimate of drug-likeness (QED) is 0.651. The van der Waals surface area contributed by atoms with Crippen LogP contribution < -0.4 is 10.6 Å². The minimum absolute atomic E-state index is 0.264. The summed E-state index contributed by atoms with van der Waals surface area (Å²) in [4.78, 5) is 17.7. The van der Waals surface area contributed by atoms with Crippen LogP contribution in [0.1, 0.15) is 38.2 Å². The van der Waals surface area contributed by atoms with E-state index in [1.54, 1.807) is 6.20 Å². The van der Waals surface area contributed by atoms with E-state index >= 15 is 0 Å². The molecule has 0 bridgehead atoms. The number of aryl methyl sites for hydroxylation is 1. The maximum Gasteiger partial charge on any atom is 0.223 e. The number of hydrogen-bond acceptors (Lipinski definition) is 7. The highest BCUT2D eigenvalue weighted by Gasteiger charge is 2.28.